The van der Waals surface area contributed by atoms with E-state index in [0.29, 0.717) is 20.9 Å². The summed E-state index contributed by atoms with van der Waals surface area (Å²) in [5.41, 5.74) is 0.936. The molecule has 0 saturated heterocycles. The van der Waals surface area contributed by atoms with Crippen molar-refractivity contribution in [1.82, 2.24) is 9.88 Å². The van der Waals surface area contributed by atoms with Crippen molar-refractivity contribution in [1.29, 1.82) is 0 Å². The van der Waals surface area contributed by atoms with Gasteiger partial charge in [0.15, 0.2) is 5.13 Å². The lowest BCUT2D eigenvalue weighted by atomic mass is 10.2. The van der Waals surface area contributed by atoms with Crippen molar-refractivity contribution in [3.63, 3.8) is 0 Å². The number of carbonyl (C=O) groups excluding carboxylic acids is 2. The summed E-state index contributed by atoms with van der Waals surface area (Å²) in [6, 6.07) is 11.3. The van der Waals surface area contributed by atoms with Crippen LogP contribution in [0.15, 0.2) is 47.8 Å². The lowest BCUT2D eigenvalue weighted by molar-refractivity contribution is 0.0807. The Morgan fingerprint density at radius 2 is 1.73 bits per heavy atom. The maximum Gasteiger partial charge on any atom is 0.273 e. The Morgan fingerprint density at radius 3 is 2.37 bits per heavy atom. The first-order chi connectivity index (χ1) is 14.3. The second-order valence-electron chi connectivity index (χ2n) is 6.12. The van der Waals surface area contributed by atoms with Gasteiger partial charge in [0.25, 0.3) is 11.8 Å². The molecule has 0 aliphatic carbocycles. The van der Waals surface area contributed by atoms with Crippen molar-refractivity contribution in [2.75, 3.05) is 18.5 Å². The first kappa shape index (κ1) is 22.1. The zero-order chi connectivity index (χ0) is 21.8. The average molecular weight is 479 g/mol. The van der Waals surface area contributed by atoms with Gasteiger partial charge >= 0.3 is 0 Å². The molecule has 0 saturated carbocycles. The molecule has 5 nitrogen and oxygen atoms in total. The third-order valence-electron chi connectivity index (χ3n) is 4.03. The predicted octanol–water partition coefficient (Wildman–Crippen LogP) is 5.79. The van der Waals surface area contributed by atoms with Crippen molar-refractivity contribution in [3.05, 3.63) is 74.2 Å². The van der Waals surface area contributed by atoms with E-state index in [9.17, 15) is 9.59 Å². The Hall–Kier alpha value is -2.56. The number of terminal acetylenes is 1. The molecule has 0 radical (unpaired) electrons. The number of anilines is 2. The van der Waals surface area contributed by atoms with E-state index in [2.05, 4.69) is 10.9 Å². The molecule has 0 aliphatic heterocycles. The monoisotopic (exact) mass is 477 g/mol. The second-order valence-corrected chi connectivity index (χ2v) is 8.24. The second kappa shape index (κ2) is 9.50. The minimum Gasteiger partial charge on any atom is -0.329 e. The fraction of sp³-hybridized carbons (Fsp3) is 0.0952. The van der Waals surface area contributed by atoms with Crippen LogP contribution in [-0.4, -0.2) is 35.3 Å². The van der Waals surface area contributed by atoms with E-state index in [1.165, 1.54) is 21.9 Å². The summed E-state index contributed by atoms with van der Waals surface area (Å²) in [6.07, 6.45) is 5.27. The van der Waals surface area contributed by atoms with Crippen molar-refractivity contribution in [3.8, 4) is 12.3 Å². The van der Waals surface area contributed by atoms with Crippen LogP contribution in [0.4, 0.5) is 10.8 Å². The number of rotatable bonds is 5. The fourth-order valence-corrected chi connectivity index (χ4v) is 3.99. The Morgan fingerprint density at radius 1 is 1.07 bits per heavy atom. The van der Waals surface area contributed by atoms with Gasteiger partial charge < -0.3 is 4.90 Å². The van der Waals surface area contributed by atoms with Crippen molar-refractivity contribution < 1.29 is 9.59 Å². The zero-order valence-corrected chi connectivity index (χ0v) is 18.7. The Labute approximate surface area is 192 Å². The van der Waals surface area contributed by atoms with Crippen LogP contribution in [-0.2, 0) is 0 Å². The number of hydrogen-bond donors (Lipinski definition) is 0. The molecule has 1 aromatic heterocycles. The van der Waals surface area contributed by atoms with Crippen molar-refractivity contribution in [2.45, 2.75) is 0 Å². The first-order valence-corrected chi connectivity index (χ1v) is 10.5. The summed E-state index contributed by atoms with van der Waals surface area (Å²) in [7, 11) is 1.58. The highest BCUT2D eigenvalue weighted by atomic mass is 35.5. The van der Waals surface area contributed by atoms with Crippen LogP contribution >= 0.6 is 46.1 Å². The van der Waals surface area contributed by atoms with Crippen molar-refractivity contribution >= 4 is 68.8 Å². The Kier molecular flexibility index (Phi) is 7.01. The minimum absolute atomic E-state index is 0.145. The maximum atomic E-state index is 13.4. The van der Waals surface area contributed by atoms with E-state index in [-0.39, 0.29) is 28.7 Å². The summed E-state index contributed by atoms with van der Waals surface area (Å²) in [6.45, 7) is 0.145. The van der Waals surface area contributed by atoms with E-state index < -0.39 is 5.91 Å². The smallest absolute Gasteiger partial charge is 0.273 e. The van der Waals surface area contributed by atoms with Gasteiger partial charge in [0.2, 0.25) is 0 Å². The van der Waals surface area contributed by atoms with Crippen LogP contribution in [0, 0.1) is 12.3 Å². The third kappa shape index (κ3) is 4.77. The molecule has 2 amide bonds. The number of hydrogen-bond acceptors (Lipinski definition) is 4. The van der Waals surface area contributed by atoms with E-state index in [4.69, 9.17) is 41.2 Å². The predicted molar refractivity (Wildman–Crippen MR) is 122 cm³/mol. The number of aromatic nitrogens is 1. The number of carbonyl (C=O) groups is 2. The molecule has 3 aromatic rings. The molecule has 2 aromatic carbocycles. The number of benzene rings is 2. The van der Waals surface area contributed by atoms with Crippen LogP contribution in [0.1, 0.15) is 20.8 Å². The topological polar surface area (TPSA) is 53.5 Å². The lowest BCUT2D eigenvalue weighted by Gasteiger charge is -2.21. The van der Waals surface area contributed by atoms with Gasteiger partial charge in [-0.05, 0) is 42.5 Å². The molecular formula is C21H14Cl3N3O2S. The van der Waals surface area contributed by atoms with Gasteiger partial charge in [0.1, 0.15) is 5.69 Å². The van der Waals surface area contributed by atoms with E-state index in [1.54, 1.807) is 42.8 Å². The minimum atomic E-state index is -0.427. The molecule has 9 heteroatoms. The van der Waals surface area contributed by atoms with Crippen LogP contribution in [0.2, 0.25) is 15.1 Å². The summed E-state index contributed by atoms with van der Waals surface area (Å²) in [4.78, 5) is 33.0. The van der Waals surface area contributed by atoms with Crippen LogP contribution in [0.25, 0.3) is 0 Å². The Balaban J connectivity index is 2.05. The van der Waals surface area contributed by atoms with E-state index in [1.807, 2.05) is 0 Å². The van der Waals surface area contributed by atoms with Gasteiger partial charge in [0, 0.05) is 22.5 Å². The van der Waals surface area contributed by atoms with Crippen LogP contribution < -0.4 is 4.90 Å². The summed E-state index contributed by atoms with van der Waals surface area (Å²) < 4.78 is 0. The molecule has 3 rings (SSSR count). The molecule has 0 spiro atoms. The molecule has 0 atom stereocenters. The fourth-order valence-electron chi connectivity index (χ4n) is 2.56. The maximum absolute atomic E-state index is 13.4. The lowest BCUT2D eigenvalue weighted by Crippen LogP contribution is -2.28. The van der Waals surface area contributed by atoms with E-state index >= 15 is 0 Å². The molecule has 0 fully saturated rings. The molecule has 1 heterocycles. The highest BCUT2D eigenvalue weighted by Gasteiger charge is 2.26. The number of nitrogens with zero attached hydrogens (tertiary/aromatic N) is 3. The molecular weight excluding hydrogens is 465 g/mol. The molecule has 0 unspecified atom stereocenters. The highest BCUT2D eigenvalue weighted by molar-refractivity contribution is 7.14. The van der Waals surface area contributed by atoms with Crippen LogP contribution in [0.3, 0.4) is 0 Å². The SMILES string of the molecule is C#CCN(C)C(=O)c1csc(N(C(=O)c2ccc(Cl)cc2Cl)c2ccc(Cl)cc2)n1. The van der Waals surface area contributed by atoms with E-state index in [0.717, 1.165) is 11.3 Å². The van der Waals surface area contributed by atoms with Gasteiger partial charge in [-0.1, -0.05) is 40.7 Å². The molecule has 0 N–H and O–H groups in total. The molecule has 152 valence electrons. The normalized spacial score (nSPS) is 10.4. The van der Waals surface area contributed by atoms with Crippen molar-refractivity contribution in [2.24, 2.45) is 0 Å². The quantitative estimate of drug-likeness (QED) is 0.436. The summed E-state index contributed by atoms with van der Waals surface area (Å²) in [5.74, 6) is 1.64. The van der Waals surface area contributed by atoms with Gasteiger partial charge in [-0.3, -0.25) is 14.5 Å². The highest BCUT2D eigenvalue weighted by Crippen LogP contribution is 2.33. The van der Waals surface area contributed by atoms with Gasteiger partial charge in [-0.25, -0.2) is 4.98 Å². The molecule has 0 bridgehead atoms. The molecule has 0 aliphatic rings. The average Bonchev–Trinajstić information content (AvgIpc) is 3.18. The van der Waals surface area contributed by atoms with Crippen LogP contribution in [0.5, 0.6) is 0 Å². The number of thiazole rings is 1. The Bertz CT molecular complexity index is 1140. The van der Waals surface area contributed by atoms with Gasteiger partial charge in [-0.15, -0.1) is 17.8 Å². The number of halogens is 3. The summed E-state index contributed by atoms with van der Waals surface area (Å²) >= 11 is 19.3. The largest absolute Gasteiger partial charge is 0.329 e. The molecule has 30 heavy (non-hydrogen) atoms. The summed E-state index contributed by atoms with van der Waals surface area (Å²) in [5, 5.41) is 3.00. The number of amides is 2. The van der Waals surface area contributed by atoms with Gasteiger partial charge in [-0.2, -0.15) is 0 Å². The first-order valence-electron chi connectivity index (χ1n) is 8.51. The zero-order valence-electron chi connectivity index (χ0n) is 15.6. The standard InChI is InChI=1S/C21H14Cl3N3O2S/c1-3-10-26(2)20(29)18-12-30-21(25-18)27(15-7-4-13(22)5-8-15)19(28)16-9-6-14(23)11-17(16)24/h1,4-9,11-12H,10H2,2H3. The van der Waals surface area contributed by atoms with Gasteiger partial charge in [0.05, 0.1) is 22.8 Å². The third-order valence-corrected chi connectivity index (χ3v) is 5.65.